The average molecular weight is 218 g/mol. The van der Waals surface area contributed by atoms with Crippen LogP contribution in [0.2, 0.25) is 0 Å². The van der Waals surface area contributed by atoms with Gasteiger partial charge >= 0.3 is 5.97 Å². The zero-order valence-electron chi connectivity index (χ0n) is 8.89. The Morgan fingerprint density at radius 3 is 2.40 bits per heavy atom. The Labute approximate surface area is 88.3 Å². The van der Waals surface area contributed by atoms with Gasteiger partial charge in [0.15, 0.2) is 11.9 Å². The highest BCUT2D eigenvalue weighted by Gasteiger charge is 2.34. The lowest BCUT2D eigenvalue weighted by molar-refractivity contribution is -0.141. The minimum Gasteiger partial charge on any atom is -0.450 e. The normalized spacial score (nSPS) is 21.0. The predicted octanol–water partition coefficient (Wildman–Crippen LogP) is 3.42. The second-order valence-corrected chi connectivity index (χ2v) is 3.76. The Morgan fingerprint density at radius 2 is 1.87 bits per heavy atom. The molecule has 0 bridgehead atoms. The van der Waals surface area contributed by atoms with Gasteiger partial charge in [0.25, 0.3) is 0 Å². The molecule has 0 spiro atoms. The molecular weight excluding hydrogens is 202 g/mol. The molecule has 1 rings (SSSR count). The summed E-state index contributed by atoms with van der Waals surface area (Å²) in [5.41, 5.74) is 0. The van der Waals surface area contributed by atoms with Crippen molar-refractivity contribution in [1.82, 2.24) is 0 Å². The van der Waals surface area contributed by atoms with Crippen molar-refractivity contribution in [2.45, 2.75) is 51.6 Å². The molecule has 0 amide bonds. The first-order valence-electron chi connectivity index (χ1n) is 5.43. The van der Waals surface area contributed by atoms with E-state index in [-0.39, 0.29) is 0 Å². The fourth-order valence-corrected chi connectivity index (χ4v) is 1.59. The molecule has 1 aliphatic heterocycles. The molecule has 0 saturated heterocycles. The predicted molar refractivity (Wildman–Crippen MR) is 52.5 cm³/mol. The second-order valence-electron chi connectivity index (χ2n) is 3.76. The number of hydrogen-bond donors (Lipinski definition) is 0. The summed E-state index contributed by atoms with van der Waals surface area (Å²) in [4.78, 5) is 10.6. The monoisotopic (exact) mass is 218 g/mol. The van der Waals surface area contributed by atoms with Crippen molar-refractivity contribution in [3.8, 4) is 0 Å². The summed E-state index contributed by atoms with van der Waals surface area (Å²) in [6, 6.07) is 0. The molecule has 15 heavy (non-hydrogen) atoms. The molecule has 2 nitrogen and oxygen atoms in total. The van der Waals surface area contributed by atoms with Gasteiger partial charge in [-0.25, -0.2) is 9.18 Å². The highest BCUT2D eigenvalue weighted by atomic mass is 19.2. The van der Waals surface area contributed by atoms with Crippen molar-refractivity contribution in [2.24, 2.45) is 0 Å². The number of carbonyl (C=O) groups excluding carboxylic acids is 1. The SMILES string of the molecule is CCCCCCC[C@H]1OC(=O)C(F)=C1F. The molecule has 0 N–H and O–H groups in total. The number of cyclic esters (lactones) is 1. The van der Waals surface area contributed by atoms with E-state index in [1.54, 1.807) is 0 Å². The lowest BCUT2D eigenvalue weighted by atomic mass is 10.1. The van der Waals surface area contributed by atoms with Crippen molar-refractivity contribution in [2.75, 3.05) is 0 Å². The summed E-state index contributed by atoms with van der Waals surface area (Å²) >= 11 is 0. The van der Waals surface area contributed by atoms with Crippen LogP contribution in [0.25, 0.3) is 0 Å². The van der Waals surface area contributed by atoms with Gasteiger partial charge in [-0.3, -0.25) is 0 Å². The Bertz CT molecular complexity index is 261. The van der Waals surface area contributed by atoms with E-state index >= 15 is 0 Å². The molecule has 0 aromatic heterocycles. The average Bonchev–Trinajstić information content (AvgIpc) is 2.46. The smallest absolute Gasteiger partial charge is 0.370 e. The third kappa shape index (κ3) is 3.29. The van der Waals surface area contributed by atoms with Gasteiger partial charge in [-0.15, -0.1) is 0 Å². The molecule has 1 heterocycles. The highest BCUT2D eigenvalue weighted by molar-refractivity contribution is 5.89. The maximum Gasteiger partial charge on any atom is 0.370 e. The van der Waals surface area contributed by atoms with E-state index in [2.05, 4.69) is 11.7 Å². The summed E-state index contributed by atoms with van der Waals surface area (Å²) in [7, 11) is 0. The summed E-state index contributed by atoms with van der Waals surface area (Å²) in [6.07, 6.45) is 4.52. The van der Waals surface area contributed by atoms with Crippen LogP contribution in [0.4, 0.5) is 8.78 Å². The van der Waals surface area contributed by atoms with Gasteiger partial charge in [-0.1, -0.05) is 32.6 Å². The summed E-state index contributed by atoms with van der Waals surface area (Å²) in [5.74, 6) is -3.55. The van der Waals surface area contributed by atoms with Crippen LogP contribution in [-0.2, 0) is 9.53 Å². The largest absolute Gasteiger partial charge is 0.450 e. The molecule has 0 fully saturated rings. The Morgan fingerprint density at radius 1 is 1.20 bits per heavy atom. The van der Waals surface area contributed by atoms with Gasteiger partial charge in [-0.2, -0.15) is 4.39 Å². The fourth-order valence-electron chi connectivity index (χ4n) is 1.59. The van der Waals surface area contributed by atoms with E-state index in [4.69, 9.17) is 0 Å². The third-order valence-electron chi connectivity index (χ3n) is 2.49. The Balaban J connectivity index is 2.21. The van der Waals surface area contributed by atoms with Crippen LogP contribution < -0.4 is 0 Å². The van der Waals surface area contributed by atoms with Gasteiger partial charge in [0.1, 0.15) is 0 Å². The van der Waals surface area contributed by atoms with Gasteiger partial charge in [0.2, 0.25) is 5.83 Å². The first-order valence-corrected chi connectivity index (χ1v) is 5.43. The Kier molecular flexibility index (Phi) is 4.72. The second kappa shape index (κ2) is 5.83. The van der Waals surface area contributed by atoms with Crippen LogP contribution >= 0.6 is 0 Å². The number of halogens is 2. The molecule has 4 heteroatoms. The molecule has 0 saturated carbocycles. The van der Waals surface area contributed by atoms with E-state index in [1.807, 2.05) is 0 Å². The molecule has 1 atom stereocenters. The quantitative estimate of drug-likeness (QED) is 0.504. The van der Waals surface area contributed by atoms with Crippen LogP contribution in [0.15, 0.2) is 11.7 Å². The molecule has 86 valence electrons. The molecule has 0 radical (unpaired) electrons. The maximum absolute atomic E-state index is 13.0. The summed E-state index contributed by atoms with van der Waals surface area (Å²) < 4.78 is 30.1. The summed E-state index contributed by atoms with van der Waals surface area (Å²) in [6.45, 7) is 2.11. The van der Waals surface area contributed by atoms with Crippen molar-refractivity contribution < 1.29 is 18.3 Å². The minimum atomic E-state index is -1.35. The maximum atomic E-state index is 13.0. The van der Waals surface area contributed by atoms with E-state index in [9.17, 15) is 13.6 Å². The highest BCUT2D eigenvalue weighted by Crippen LogP contribution is 2.28. The van der Waals surface area contributed by atoms with Gasteiger partial charge in [-0.05, 0) is 12.8 Å². The van der Waals surface area contributed by atoms with Crippen molar-refractivity contribution in [3.63, 3.8) is 0 Å². The van der Waals surface area contributed by atoms with Gasteiger partial charge in [0.05, 0.1) is 0 Å². The molecule has 0 aromatic rings. The molecular formula is C11H16F2O2. The van der Waals surface area contributed by atoms with Crippen molar-refractivity contribution >= 4 is 5.97 Å². The number of carbonyl (C=O) groups is 1. The number of esters is 1. The number of ether oxygens (including phenoxy) is 1. The van der Waals surface area contributed by atoms with Crippen molar-refractivity contribution in [1.29, 1.82) is 0 Å². The van der Waals surface area contributed by atoms with Crippen LogP contribution in [0, 0.1) is 0 Å². The number of hydrogen-bond acceptors (Lipinski definition) is 2. The number of unbranched alkanes of at least 4 members (excludes halogenated alkanes) is 4. The lowest BCUT2D eigenvalue weighted by Gasteiger charge is -2.08. The zero-order valence-corrected chi connectivity index (χ0v) is 8.89. The van der Waals surface area contributed by atoms with E-state index < -0.39 is 23.7 Å². The van der Waals surface area contributed by atoms with Crippen LogP contribution in [0.1, 0.15) is 45.4 Å². The van der Waals surface area contributed by atoms with E-state index in [1.165, 1.54) is 0 Å². The van der Waals surface area contributed by atoms with Crippen LogP contribution in [-0.4, -0.2) is 12.1 Å². The standard InChI is InChI=1S/C11H16F2O2/c1-2-3-4-5-6-7-8-9(12)10(13)11(14)15-8/h8H,2-7H2,1H3/t8-/m1/s1. The van der Waals surface area contributed by atoms with E-state index in [0.29, 0.717) is 6.42 Å². The zero-order chi connectivity index (χ0) is 11.3. The van der Waals surface area contributed by atoms with Crippen LogP contribution in [0.5, 0.6) is 0 Å². The first-order chi connectivity index (χ1) is 7.16. The lowest BCUT2D eigenvalue weighted by Crippen LogP contribution is -2.09. The molecule has 0 unspecified atom stereocenters. The van der Waals surface area contributed by atoms with Crippen molar-refractivity contribution in [3.05, 3.63) is 11.7 Å². The van der Waals surface area contributed by atoms with Gasteiger partial charge < -0.3 is 4.74 Å². The van der Waals surface area contributed by atoms with Gasteiger partial charge in [0, 0.05) is 0 Å². The third-order valence-corrected chi connectivity index (χ3v) is 2.49. The van der Waals surface area contributed by atoms with E-state index in [0.717, 1.165) is 32.1 Å². The summed E-state index contributed by atoms with van der Waals surface area (Å²) in [5, 5.41) is 0. The number of rotatable bonds is 6. The minimum absolute atomic E-state index is 0.384. The topological polar surface area (TPSA) is 26.3 Å². The van der Waals surface area contributed by atoms with Crippen LogP contribution in [0.3, 0.4) is 0 Å². The molecule has 0 aliphatic carbocycles. The fraction of sp³-hybridized carbons (Fsp3) is 0.727. The molecule has 1 aliphatic rings. The Hall–Kier alpha value is -0.930. The molecule has 0 aromatic carbocycles. The first kappa shape index (κ1) is 12.1.